The lowest BCUT2D eigenvalue weighted by molar-refractivity contribution is -0.137. The first kappa shape index (κ1) is 19.3. The van der Waals surface area contributed by atoms with Crippen molar-refractivity contribution in [2.75, 3.05) is 20.3 Å². The zero-order valence-electron chi connectivity index (χ0n) is 15.0. The van der Waals surface area contributed by atoms with Gasteiger partial charge in [0.05, 0.1) is 12.2 Å². The van der Waals surface area contributed by atoms with Gasteiger partial charge in [-0.15, -0.1) is 0 Å². The average molecular weight is 343 g/mol. The van der Waals surface area contributed by atoms with Gasteiger partial charge in [0.15, 0.2) is 0 Å². The van der Waals surface area contributed by atoms with Crippen molar-refractivity contribution in [1.29, 1.82) is 0 Å². The van der Waals surface area contributed by atoms with Gasteiger partial charge in [-0.25, -0.2) is 0 Å². The second-order valence-electron chi connectivity index (χ2n) is 7.50. The lowest BCUT2D eigenvalue weighted by atomic mass is 9.78. The fraction of sp³-hybridized carbons (Fsp3) is 0.684. The van der Waals surface area contributed by atoms with Gasteiger partial charge in [0.2, 0.25) is 0 Å². The number of halogens is 3. The lowest BCUT2D eigenvalue weighted by Gasteiger charge is -2.36. The molecular weight excluding hydrogens is 315 g/mol. The Balaban J connectivity index is 2.07. The number of rotatable bonds is 6. The maximum absolute atomic E-state index is 12.7. The van der Waals surface area contributed by atoms with Gasteiger partial charge in [0.25, 0.3) is 0 Å². The van der Waals surface area contributed by atoms with E-state index in [4.69, 9.17) is 4.74 Å². The van der Waals surface area contributed by atoms with Gasteiger partial charge in [0.1, 0.15) is 0 Å². The van der Waals surface area contributed by atoms with Crippen molar-refractivity contribution in [3.8, 4) is 0 Å². The van der Waals surface area contributed by atoms with Crippen molar-refractivity contribution in [1.82, 2.24) is 4.90 Å². The first-order chi connectivity index (χ1) is 11.1. The van der Waals surface area contributed by atoms with Crippen molar-refractivity contribution in [2.24, 2.45) is 0 Å². The average Bonchev–Trinajstić information content (AvgIpc) is 2.95. The summed E-state index contributed by atoms with van der Waals surface area (Å²) < 4.78 is 43.5. The van der Waals surface area contributed by atoms with E-state index in [2.05, 4.69) is 25.7 Å². The predicted molar refractivity (Wildman–Crippen MR) is 90.2 cm³/mol. The molecule has 0 aromatic heterocycles. The number of nitrogens with zero attached hydrogens (tertiary/aromatic N) is 1. The molecule has 0 radical (unpaired) electrons. The van der Waals surface area contributed by atoms with Crippen LogP contribution in [-0.4, -0.2) is 37.2 Å². The molecule has 0 aliphatic carbocycles. The second-order valence-corrected chi connectivity index (χ2v) is 7.50. The molecule has 0 amide bonds. The molecule has 1 aromatic carbocycles. The Morgan fingerprint density at radius 3 is 2.29 bits per heavy atom. The van der Waals surface area contributed by atoms with E-state index in [1.54, 1.807) is 19.2 Å². The van der Waals surface area contributed by atoms with Gasteiger partial charge in [-0.3, -0.25) is 4.90 Å². The van der Waals surface area contributed by atoms with E-state index in [9.17, 15) is 13.2 Å². The molecule has 0 spiro atoms. The maximum atomic E-state index is 12.7. The largest absolute Gasteiger partial charge is 0.416 e. The quantitative estimate of drug-likeness (QED) is 0.730. The molecule has 2 nitrogen and oxygen atoms in total. The van der Waals surface area contributed by atoms with Crippen molar-refractivity contribution < 1.29 is 17.9 Å². The van der Waals surface area contributed by atoms with Crippen LogP contribution in [0.5, 0.6) is 0 Å². The number of hydrogen-bond donors (Lipinski definition) is 0. The van der Waals surface area contributed by atoms with E-state index in [1.807, 2.05) is 0 Å². The molecule has 0 N–H and O–H groups in total. The zero-order valence-corrected chi connectivity index (χ0v) is 15.0. The summed E-state index contributed by atoms with van der Waals surface area (Å²) >= 11 is 0. The van der Waals surface area contributed by atoms with Gasteiger partial charge >= 0.3 is 6.18 Å². The Hall–Kier alpha value is -1.07. The third-order valence-electron chi connectivity index (χ3n) is 5.15. The van der Waals surface area contributed by atoms with E-state index >= 15 is 0 Å². The maximum Gasteiger partial charge on any atom is 0.416 e. The van der Waals surface area contributed by atoms with Gasteiger partial charge in [-0.05, 0) is 55.8 Å². The first-order valence-corrected chi connectivity index (χ1v) is 8.57. The van der Waals surface area contributed by atoms with Crippen LogP contribution in [0.4, 0.5) is 13.2 Å². The molecule has 1 heterocycles. The summed E-state index contributed by atoms with van der Waals surface area (Å²) in [6.45, 7) is 8.23. The highest BCUT2D eigenvalue weighted by Crippen LogP contribution is 2.35. The molecule has 2 atom stereocenters. The minimum atomic E-state index is -4.28. The molecule has 1 fully saturated rings. The Kier molecular flexibility index (Phi) is 5.97. The number of likely N-dealkylation sites (tertiary alicyclic amines) is 1. The van der Waals surface area contributed by atoms with Crippen LogP contribution in [-0.2, 0) is 16.3 Å². The van der Waals surface area contributed by atoms with E-state index in [1.165, 1.54) is 18.6 Å². The molecule has 1 aliphatic heterocycles. The van der Waals surface area contributed by atoms with E-state index in [0.29, 0.717) is 12.1 Å². The Labute approximate surface area is 143 Å². The summed E-state index contributed by atoms with van der Waals surface area (Å²) in [5.41, 5.74) is 0.184. The van der Waals surface area contributed by atoms with Crippen molar-refractivity contribution >= 4 is 0 Å². The molecule has 1 aliphatic rings. The number of hydrogen-bond acceptors (Lipinski definition) is 2. The molecule has 1 saturated heterocycles. The summed E-state index contributed by atoms with van der Waals surface area (Å²) in [7, 11) is 1.73. The minimum absolute atomic E-state index is 0.177. The number of alkyl halides is 3. The molecule has 2 rings (SSSR count). The van der Waals surface area contributed by atoms with Crippen molar-refractivity contribution in [3.05, 3.63) is 35.4 Å². The normalized spacial score (nSPS) is 21.2. The molecule has 0 unspecified atom stereocenters. The number of benzene rings is 1. The summed E-state index contributed by atoms with van der Waals surface area (Å²) in [5, 5.41) is 0. The monoisotopic (exact) mass is 343 g/mol. The SMILES string of the molecule is COC[C@H]1CCCN1[C@H](C)CC(C)(C)c1ccc(C(F)(F)F)cc1. The second kappa shape index (κ2) is 7.44. The highest BCUT2D eigenvalue weighted by molar-refractivity contribution is 5.29. The molecule has 136 valence electrons. The van der Waals surface area contributed by atoms with Crippen LogP contribution in [0.15, 0.2) is 24.3 Å². The third kappa shape index (κ3) is 4.51. The van der Waals surface area contributed by atoms with Crippen LogP contribution >= 0.6 is 0 Å². The molecule has 0 saturated carbocycles. The number of methoxy groups -OCH3 is 1. The Morgan fingerprint density at radius 2 is 1.75 bits per heavy atom. The van der Waals surface area contributed by atoms with E-state index < -0.39 is 11.7 Å². The molecular formula is C19H28F3NO. The zero-order chi connectivity index (χ0) is 18.0. The van der Waals surface area contributed by atoms with E-state index in [-0.39, 0.29) is 5.41 Å². The van der Waals surface area contributed by atoms with Crippen molar-refractivity contribution in [3.63, 3.8) is 0 Å². The molecule has 5 heteroatoms. The van der Waals surface area contributed by atoms with Crippen LogP contribution < -0.4 is 0 Å². The van der Waals surface area contributed by atoms with Crippen LogP contribution in [0, 0.1) is 0 Å². The van der Waals surface area contributed by atoms with Gasteiger partial charge in [0, 0.05) is 19.2 Å². The van der Waals surface area contributed by atoms with Crippen LogP contribution in [0.2, 0.25) is 0 Å². The fourth-order valence-corrected chi connectivity index (χ4v) is 3.89. The molecule has 1 aromatic rings. The summed E-state index contributed by atoms with van der Waals surface area (Å²) in [4.78, 5) is 2.48. The lowest BCUT2D eigenvalue weighted by Crippen LogP contribution is -2.42. The highest BCUT2D eigenvalue weighted by Gasteiger charge is 2.34. The molecule has 0 bridgehead atoms. The first-order valence-electron chi connectivity index (χ1n) is 8.57. The smallest absolute Gasteiger partial charge is 0.383 e. The topological polar surface area (TPSA) is 12.5 Å². The summed E-state index contributed by atoms with van der Waals surface area (Å²) in [6.07, 6.45) is -1.05. The van der Waals surface area contributed by atoms with Gasteiger partial charge < -0.3 is 4.74 Å². The van der Waals surface area contributed by atoms with Crippen LogP contribution in [0.3, 0.4) is 0 Å². The predicted octanol–water partition coefficient (Wildman–Crippen LogP) is 4.87. The van der Waals surface area contributed by atoms with Crippen LogP contribution in [0.25, 0.3) is 0 Å². The standard InChI is InChI=1S/C19H28F3NO/c1-14(23-11-5-6-17(23)13-24-4)12-18(2,3)15-7-9-16(10-8-15)19(20,21)22/h7-10,14,17H,5-6,11-13H2,1-4H3/t14-,17-/m1/s1. The minimum Gasteiger partial charge on any atom is -0.383 e. The Bertz CT molecular complexity index is 524. The third-order valence-corrected chi connectivity index (χ3v) is 5.15. The van der Waals surface area contributed by atoms with Crippen molar-refractivity contribution in [2.45, 2.75) is 63.7 Å². The number of ether oxygens (including phenoxy) is 1. The van der Waals surface area contributed by atoms with Gasteiger partial charge in [-0.1, -0.05) is 26.0 Å². The summed E-state index contributed by atoms with van der Waals surface area (Å²) in [5.74, 6) is 0. The van der Waals surface area contributed by atoms with Crippen LogP contribution in [0.1, 0.15) is 51.2 Å². The van der Waals surface area contributed by atoms with Gasteiger partial charge in [-0.2, -0.15) is 13.2 Å². The summed E-state index contributed by atoms with van der Waals surface area (Å²) in [6, 6.07) is 6.42. The van der Waals surface area contributed by atoms with E-state index in [0.717, 1.165) is 31.6 Å². The molecule has 24 heavy (non-hydrogen) atoms. The Morgan fingerprint density at radius 1 is 1.17 bits per heavy atom. The fourth-order valence-electron chi connectivity index (χ4n) is 3.89. The highest BCUT2D eigenvalue weighted by atomic mass is 19.4.